The highest BCUT2D eigenvalue weighted by Crippen LogP contribution is 2.29. The molecule has 0 aliphatic rings. The summed E-state index contributed by atoms with van der Waals surface area (Å²) in [7, 11) is 3.31. The number of hydrogen-bond acceptors (Lipinski definition) is 5. The quantitative estimate of drug-likeness (QED) is 0.661. The maximum atomic E-state index is 12.5. The van der Waals surface area contributed by atoms with Crippen LogP contribution in [-0.2, 0) is 13.2 Å². The Labute approximate surface area is 150 Å². The molecule has 0 aliphatic carbocycles. The summed E-state index contributed by atoms with van der Waals surface area (Å²) in [4.78, 5) is 1.97. The Morgan fingerprint density at radius 2 is 2.00 bits per heavy atom. The van der Waals surface area contributed by atoms with Gasteiger partial charge in [0.2, 0.25) is 0 Å². The second-order valence-electron chi connectivity index (χ2n) is 5.93. The Kier molecular flexibility index (Phi) is 6.49. The van der Waals surface area contributed by atoms with Gasteiger partial charge in [0.15, 0.2) is 16.3 Å². The molecule has 0 saturated carbocycles. The van der Waals surface area contributed by atoms with Crippen LogP contribution in [0.25, 0.3) is 0 Å². The van der Waals surface area contributed by atoms with Crippen molar-refractivity contribution in [1.82, 2.24) is 19.2 Å². The normalized spacial score (nSPS) is 11.6. The van der Waals surface area contributed by atoms with Crippen LogP contribution < -0.4 is 9.47 Å². The average Bonchev–Trinajstić information content (AvgIpc) is 2.88. The molecule has 9 heteroatoms. The first-order valence-corrected chi connectivity index (χ1v) is 8.17. The predicted octanol–water partition coefficient (Wildman–Crippen LogP) is 3.69. The molecule has 0 fully saturated rings. The third-order valence-corrected chi connectivity index (χ3v) is 4.01. The Balaban J connectivity index is 2.10. The van der Waals surface area contributed by atoms with Gasteiger partial charge in [-0.05, 0) is 50.8 Å². The Hall–Kier alpha value is -2.00. The predicted molar refractivity (Wildman–Crippen MR) is 92.5 cm³/mol. The Morgan fingerprint density at radius 1 is 1.28 bits per heavy atom. The first-order chi connectivity index (χ1) is 11.8. The molecule has 1 aromatic carbocycles. The summed E-state index contributed by atoms with van der Waals surface area (Å²) >= 11 is 5.40. The van der Waals surface area contributed by atoms with E-state index in [1.165, 1.54) is 7.11 Å². The molecule has 6 nitrogen and oxygen atoms in total. The lowest BCUT2D eigenvalue weighted by Gasteiger charge is -2.18. The molecule has 0 radical (unpaired) electrons. The van der Waals surface area contributed by atoms with Crippen molar-refractivity contribution in [2.75, 3.05) is 14.2 Å². The van der Waals surface area contributed by atoms with E-state index in [0.29, 0.717) is 18.0 Å². The molecule has 138 valence electrons. The number of benzene rings is 1. The van der Waals surface area contributed by atoms with E-state index in [1.807, 2.05) is 30.4 Å². The van der Waals surface area contributed by atoms with Crippen LogP contribution in [0, 0.1) is 4.77 Å². The van der Waals surface area contributed by atoms with Gasteiger partial charge in [-0.3, -0.25) is 4.90 Å². The monoisotopic (exact) mass is 372 g/mol. The molecule has 0 spiro atoms. The van der Waals surface area contributed by atoms with Crippen LogP contribution in [0.15, 0.2) is 24.5 Å². The number of nitrogens with zero attached hydrogens (tertiary/aromatic N) is 4. The molecule has 1 aromatic heterocycles. The maximum absolute atomic E-state index is 12.5. The highest BCUT2D eigenvalue weighted by molar-refractivity contribution is 7.71. The molecule has 0 unspecified atom stereocenters. The zero-order chi connectivity index (χ0) is 18.6. The molecule has 2 aromatic rings. The zero-order valence-corrected chi connectivity index (χ0v) is 15.5. The molecule has 0 saturated heterocycles. The first kappa shape index (κ1) is 19.3. The van der Waals surface area contributed by atoms with Crippen molar-refractivity contribution in [3.05, 3.63) is 34.9 Å². The molecule has 2 rings (SSSR count). The lowest BCUT2D eigenvalue weighted by atomic mass is 10.2. The van der Waals surface area contributed by atoms with Gasteiger partial charge in [0.1, 0.15) is 6.33 Å². The van der Waals surface area contributed by atoms with Crippen LogP contribution in [0.4, 0.5) is 8.78 Å². The second kappa shape index (κ2) is 8.39. The van der Waals surface area contributed by atoms with E-state index in [2.05, 4.69) is 9.84 Å². The van der Waals surface area contributed by atoms with Crippen molar-refractivity contribution in [2.24, 2.45) is 0 Å². The number of methoxy groups -OCH3 is 1. The molecular formula is C16H22F2N4O2S. The summed E-state index contributed by atoms with van der Waals surface area (Å²) in [6.45, 7) is 2.16. The summed E-state index contributed by atoms with van der Waals surface area (Å²) in [5.74, 6) is 0.286. The molecular weight excluding hydrogens is 350 g/mol. The van der Waals surface area contributed by atoms with Gasteiger partial charge in [-0.1, -0.05) is 6.07 Å². The summed E-state index contributed by atoms with van der Waals surface area (Å²) in [5.41, 5.74) is 0.814. The highest BCUT2D eigenvalue weighted by atomic mass is 32.1. The standard InChI is InChI=1S/C16H22F2N4O2S/c1-11(2)21-9-19-22(16(21)25)10-20(3)8-12-5-6-13(23-4)14(7-12)24-15(17)18/h5-7,9,11,15H,8,10H2,1-4H3. The summed E-state index contributed by atoms with van der Waals surface area (Å²) in [6, 6.07) is 5.20. The van der Waals surface area contributed by atoms with E-state index in [9.17, 15) is 8.78 Å². The molecule has 0 bridgehead atoms. The van der Waals surface area contributed by atoms with Gasteiger partial charge in [0.05, 0.1) is 13.8 Å². The van der Waals surface area contributed by atoms with Gasteiger partial charge in [0, 0.05) is 12.6 Å². The molecule has 0 aliphatic heterocycles. The fourth-order valence-corrected chi connectivity index (χ4v) is 2.76. The smallest absolute Gasteiger partial charge is 0.387 e. The van der Waals surface area contributed by atoms with Crippen LogP contribution in [0.2, 0.25) is 0 Å². The van der Waals surface area contributed by atoms with Crippen LogP contribution >= 0.6 is 12.2 Å². The van der Waals surface area contributed by atoms with Gasteiger partial charge in [0.25, 0.3) is 0 Å². The van der Waals surface area contributed by atoms with Gasteiger partial charge in [-0.2, -0.15) is 13.9 Å². The largest absolute Gasteiger partial charge is 0.493 e. The molecule has 0 atom stereocenters. The average molecular weight is 372 g/mol. The maximum Gasteiger partial charge on any atom is 0.387 e. The van der Waals surface area contributed by atoms with Crippen LogP contribution in [0.5, 0.6) is 11.5 Å². The van der Waals surface area contributed by atoms with Crippen molar-refractivity contribution in [1.29, 1.82) is 0 Å². The third kappa shape index (κ3) is 4.99. The van der Waals surface area contributed by atoms with E-state index in [0.717, 1.165) is 5.56 Å². The Morgan fingerprint density at radius 3 is 2.56 bits per heavy atom. The van der Waals surface area contributed by atoms with Crippen LogP contribution in [-0.4, -0.2) is 40.0 Å². The molecule has 0 amide bonds. The molecule has 1 heterocycles. The fourth-order valence-electron chi connectivity index (χ4n) is 2.40. The summed E-state index contributed by atoms with van der Waals surface area (Å²) in [6.07, 6.45) is 1.71. The fraction of sp³-hybridized carbons (Fsp3) is 0.500. The summed E-state index contributed by atoms with van der Waals surface area (Å²) < 4.78 is 38.8. The van der Waals surface area contributed by atoms with Gasteiger partial charge in [-0.25, -0.2) is 4.68 Å². The van der Waals surface area contributed by atoms with Gasteiger partial charge < -0.3 is 14.0 Å². The van der Waals surface area contributed by atoms with Gasteiger partial charge >= 0.3 is 6.61 Å². The lowest BCUT2D eigenvalue weighted by Crippen LogP contribution is -2.22. The minimum Gasteiger partial charge on any atom is -0.493 e. The topological polar surface area (TPSA) is 44.5 Å². The number of ether oxygens (including phenoxy) is 2. The summed E-state index contributed by atoms with van der Waals surface area (Å²) in [5, 5.41) is 4.29. The zero-order valence-electron chi connectivity index (χ0n) is 14.6. The van der Waals surface area contributed by atoms with E-state index in [1.54, 1.807) is 29.2 Å². The number of halogens is 2. The van der Waals surface area contributed by atoms with Crippen molar-refractivity contribution in [3.63, 3.8) is 0 Å². The lowest BCUT2D eigenvalue weighted by molar-refractivity contribution is -0.0512. The minimum atomic E-state index is -2.90. The van der Waals surface area contributed by atoms with Crippen molar-refractivity contribution in [2.45, 2.75) is 39.7 Å². The Bertz CT molecular complexity index is 761. The van der Waals surface area contributed by atoms with Crippen LogP contribution in [0.1, 0.15) is 25.5 Å². The number of aromatic nitrogens is 3. The highest BCUT2D eigenvalue weighted by Gasteiger charge is 2.13. The molecule has 25 heavy (non-hydrogen) atoms. The SMILES string of the molecule is COc1ccc(CN(C)Cn2ncn(C(C)C)c2=S)cc1OC(F)F. The second-order valence-corrected chi connectivity index (χ2v) is 6.30. The number of rotatable bonds is 8. The van der Waals surface area contributed by atoms with Crippen LogP contribution in [0.3, 0.4) is 0 Å². The van der Waals surface area contributed by atoms with Gasteiger partial charge in [-0.15, -0.1) is 0 Å². The van der Waals surface area contributed by atoms with Crippen molar-refractivity contribution >= 4 is 12.2 Å². The van der Waals surface area contributed by atoms with E-state index in [4.69, 9.17) is 17.0 Å². The minimum absolute atomic E-state index is 0.0177. The van der Waals surface area contributed by atoms with E-state index in [-0.39, 0.29) is 17.5 Å². The number of alkyl halides is 2. The van der Waals surface area contributed by atoms with Crippen molar-refractivity contribution < 1.29 is 18.3 Å². The van der Waals surface area contributed by atoms with E-state index < -0.39 is 6.61 Å². The van der Waals surface area contributed by atoms with E-state index >= 15 is 0 Å². The molecule has 0 N–H and O–H groups in total. The third-order valence-electron chi connectivity index (χ3n) is 3.59. The first-order valence-electron chi connectivity index (χ1n) is 7.76. The number of hydrogen-bond donors (Lipinski definition) is 0. The van der Waals surface area contributed by atoms with Crippen molar-refractivity contribution in [3.8, 4) is 11.5 Å².